The molecule has 0 unspecified atom stereocenters. The van der Waals surface area contributed by atoms with Crippen LogP contribution in [0.15, 0.2) is 35.2 Å². The summed E-state index contributed by atoms with van der Waals surface area (Å²) >= 11 is 5.84. The number of rotatable bonds is 4. The van der Waals surface area contributed by atoms with Crippen molar-refractivity contribution in [1.82, 2.24) is 0 Å². The first-order chi connectivity index (χ1) is 13.0. The fourth-order valence-corrected chi connectivity index (χ4v) is 4.67. The van der Waals surface area contributed by atoms with E-state index in [4.69, 9.17) is 16.3 Å². The molecule has 0 amide bonds. The quantitative estimate of drug-likeness (QED) is 0.751. The number of fused-ring (bicyclic) bond motifs is 1. The second-order valence-electron chi connectivity index (χ2n) is 6.67. The molecule has 0 heterocycles. The molecule has 0 fully saturated rings. The van der Waals surface area contributed by atoms with Crippen LogP contribution in [-0.2, 0) is 25.8 Å². The Morgan fingerprint density at radius 2 is 2.00 bits per heavy atom. The number of aliphatic hydroxyl groups excluding tert-OH is 1. The highest BCUT2D eigenvalue weighted by atomic mass is 35.5. The fraction of sp³-hybridized carbons (Fsp3) is 0.316. The smallest absolute Gasteiger partial charge is 0.303 e. The Labute approximate surface area is 165 Å². The van der Waals surface area contributed by atoms with Crippen LogP contribution in [0, 0.1) is 5.82 Å². The molecule has 28 heavy (non-hydrogen) atoms. The van der Waals surface area contributed by atoms with Gasteiger partial charge in [-0.1, -0.05) is 17.7 Å². The summed E-state index contributed by atoms with van der Waals surface area (Å²) in [6, 6.07) is 6.09. The van der Waals surface area contributed by atoms with Crippen LogP contribution in [0.2, 0.25) is 5.02 Å². The molecule has 3 atom stereocenters. The van der Waals surface area contributed by atoms with Crippen LogP contribution in [0.4, 0.5) is 8.78 Å². The van der Waals surface area contributed by atoms with Crippen LogP contribution in [-0.4, -0.2) is 31.9 Å². The number of sulfone groups is 1. The summed E-state index contributed by atoms with van der Waals surface area (Å²) in [5.74, 6) is -1.42. The standard InChI is InChI=1S/C19H17ClF2O5S/c1-9(23)27-19-15(22)8-14-13(3-4-16(17(14)19)28(2,25)26)18(24)10-5-11(20)7-12(21)6-10/h3-7,15,18-19,24H,8H2,1-2H3/t15-,18+,19-/m1/s1. The minimum atomic E-state index is -3.76. The third-order valence-electron chi connectivity index (χ3n) is 4.55. The molecule has 1 aliphatic carbocycles. The van der Waals surface area contributed by atoms with Gasteiger partial charge in [-0.2, -0.15) is 0 Å². The highest BCUT2D eigenvalue weighted by Crippen LogP contribution is 2.44. The van der Waals surface area contributed by atoms with Gasteiger partial charge in [-0.25, -0.2) is 17.2 Å². The number of benzene rings is 2. The van der Waals surface area contributed by atoms with Crippen molar-refractivity contribution >= 4 is 27.4 Å². The first-order valence-electron chi connectivity index (χ1n) is 8.30. The van der Waals surface area contributed by atoms with Crippen molar-refractivity contribution in [3.63, 3.8) is 0 Å². The summed E-state index contributed by atoms with van der Waals surface area (Å²) < 4.78 is 57.7. The van der Waals surface area contributed by atoms with E-state index in [9.17, 15) is 27.1 Å². The molecular weight excluding hydrogens is 414 g/mol. The molecule has 2 aromatic rings. The second-order valence-corrected chi connectivity index (χ2v) is 9.09. The number of aliphatic hydroxyl groups is 1. The van der Waals surface area contributed by atoms with Gasteiger partial charge in [0.05, 0.1) is 4.90 Å². The Morgan fingerprint density at radius 1 is 1.32 bits per heavy atom. The maximum atomic E-state index is 14.6. The molecule has 0 saturated carbocycles. The van der Waals surface area contributed by atoms with Gasteiger partial charge in [0.15, 0.2) is 15.9 Å². The van der Waals surface area contributed by atoms with Gasteiger partial charge < -0.3 is 9.84 Å². The van der Waals surface area contributed by atoms with Crippen LogP contribution in [0.3, 0.4) is 0 Å². The number of hydrogen-bond acceptors (Lipinski definition) is 5. The summed E-state index contributed by atoms with van der Waals surface area (Å²) in [6.07, 6.45) is -3.75. The molecule has 3 rings (SSSR count). The molecule has 0 aliphatic heterocycles. The molecule has 0 spiro atoms. The van der Waals surface area contributed by atoms with Crippen LogP contribution in [0.25, 0.3) is 0 Å². The monoisotopic (exact) mass is 430 g/mol. The van der Waals surface area contributed by atoms with Crippen LogP contribution >= 0.6 is 11.6 Å². The molecule has 5 nitrogen and oxygen atoms in total. The van der Waals surface area contributed by atoms with Crippen molar-refractivity contribution in [2.24, 2.45) is 0 Å². The number of hydrogen-bond donors (Lipinski definition) is 1. The zero-order valence-electron chi connectivity index (χ0n) is 14.9. The Balaban J connectivity index is 2.20. The van der Waals surface area contributed by atoms with Crippen molar-refractivity contribution in [1.29, 1.82) is 0 Å². The van der Waals surface area contributed by atoms with Gasteiger partial charge in [-0.05, 0) is 41.0 Å². The van der Waals surface area contributed by atoms with E-state index in [2.05, 4.69) is 0 Å². The average molecular weight is 431 g/mol. The zero-order chi connectivity index (χ0) is 20.8. The predicted molar refractivity (Wildman–Crippen MR) is 98.1 cm³/mol. The van der Waals surface area contributed by atoms with Gasteiger partial charge in [-0.15, -0.1) is 0 Å². The SMILES string of the molecule is CC(=O)O[C@H]1c2c(S(C)(=O)=O)ccc([C@@H](O)c3cc(F)cc(Cl)c3)c2C[C@H]1F. The van der Waals surface area contributed by atoms with E-state index < -0.39 is 40.0 Å². The van der Waals surface area contributed by atoms with Gasteiger partial charge in [-0.3, -0.25) is 4.79 Å². The molecule has 0 saturated heterocycles. The molecule has 0 radical (unpaired) electrons. The largest absolute Gasteiger partial charge is 0.454 e. The van der Waals surface area contributed by atoms with E-state index in [1.807, 2.05) is 0 Å². The molecule has 9 heteroatoms. The topological polar surface area (TPSA) is 80.7 Å². The lowest BCUT2D eigenvalue weighted by Gasteiger charge is -2.20. The number of halogens is 3. The molecule has 150 valence electrons. The van der Waals surface area contributed by atoms with Crippen LogP contribution in [0.1, 0.15) is 41.4 Å². The Kier molecular flexibility index (Phi) is 5.49. The van der Waals surface area contributed by atoms with E-state index in [1.165, 1.54) is 18.2 Å². The van der Waals surface area contributed by atoms with Crippen molar-refractivity contribution < 1.29 is 31.8 Å². The molecule has 0 aromatic heterocycles. The van der Waals surface area contributed by atoms with Gasteiger partial charge in [0.1, 0.15) is 18.1 Å². The van der Waals surface area contributed by atoms with Crippen molar-refractivity contribution in [3.05, 3.63) is 63.4 Å². The van der Waals surface area contributed by atoms with Gasteiger partial charge in [0, 0.05) is 30.2 Å². The lowest BCUT2D eigenvalue weighted by Crippen LogP contribution is -2.17. The maximum absolute atomic E-state index is 14.6. The third-order valence-corrected chi connectivity index (χ3v) is 5.93. The highest BCUT2D eigenvalue weighted by Gasteiger charge is 2.41. The zero-order valence-corrected chi connectivity index (χ0v) is 16.5. The molecule has 2 aromatic carbocycles. The fourth-order valence-electron chi connectivity index (χ4n) is 3.49. The lowest BCUT2D eigenvalue weighted by molar-refractivity contribution is -0.149. The first-order valence-corrected chi connectivity index (χ1v) is 10.6. The number of esters is 1. The Bertz CT molecular complexity index is 1030. The molecule has 1 N–H and O–H groups in total. The summed E-state index contributed by atoms with van der Waals surface area (Å²) in [5, 5.41) is 10.8. The van der Waals surface area contributed by atoms with Crippen molar-refractivity contribution in [3.8, 4) is 0 Å². The third kappa shape index (κ3) is 3.90. The minimum absolute atomic E-state index is 0.00394. The Morgan fingerprint density at radius 3 is 2.57 bits per heavy atom. The van der Waals surface area contributed by atoms with Crippen LogP contribution < -0.4 is 0 Å². The van der Waals surface area contributed by atoms with Crippen LogP contribution in [0.5, 0.6) is 0 Å². The highest BCUT2D eigenvalue weighted by molar-refractivity contribution is 7.90. The average Bonchev–Trinajstić information content (AvgIpc) is 2.87. The summed E-state index contributed by atoms with van der Waals surface area (Å²) in [7, 11) is -3.76. The molecular formula is C19H17ClF2O5S. The molecule has 0 bridgehead atoms. The predicted octanol–water partition coefficient (Wildman–Crippen LogP) is 3.46. The van der Waals surface area contributed by atoms with Gasteiger partial charge >= 0.3 is 5.97 Å². The molecule has 1 aliphatic rings. The lowest BCUT2D eigenvalue weighted by atomic mass is 9.94. The maximum Gasteiger partial charge on any atom is 0.303 e. The van der Waals surface area contributed by atoms with Crippen molar-refractivity contribution in [2.45, 2.75) is 36.6 Å². The summed E-state index contributed by atoms with van der Waals surface area (Å²) in [4.78, 5) is 11.2. The minimum Gasteiger partial charge on any atom is -0.454 e. The summed E-state index contributed by atoms with van der Waals surface area (Å²) in [5.41, 5.74) is 0.547. The number of carbonyl (C=O) groups is 1. The van der Waals surface area contributed by atoms with E-state index in [1.54, 1.807) is 0 Å². The van der Waals surface area contributed by atoms with E-state index in [-0.39, 0.29) is 38.6 Å². The summed E-state index contributed by atoms with van der Waals surface area (Å²) in [6.45, 7) is 1.10. The van der Waals surface area contributed by atoms with Crippen molar-refractivity contribution in [2.75, 3.05) is 6.26 Å². The van der Waals surface area contributed by atoms with E-state index >= 15 is 0 Å². The van der Waals surface area contributed by atoms with Gasteiger partial charge in [0.25, 0.3) is 0 Å². The van der Waals surface area contributed by atoms with Gasteiger partial charge in [0.2, 0.25) is 0 Å². The second kappa shape index (κ2) is 7.42. The Hall–Kier alpha value is -2.03. The number of ether oxygens (including phenoxy) is 1. The van der Waals surface area contributed by atoms with E-state index in [0.29, 0.717) is 0 Å². The normalized spacial score (nSPS) is 19.9. The number of carbonyl (C=O) groups excluding carboxylic acids is 1. The van der Waals surface area contributed by atoms with E-state index in [0.717, 1.165) is 25.3 Å². The first kappa shape index (κ1) is 20.7. The number of alkyl halides is 1.